The number of aryl methyl sites for hydroxylation is 3. The average Bonchev–Trinajstić information content (AvgIpc) is 2.66. The summed E-state index contributed by atoms with van der Waals surface area (Å²) in [6, 6.07) is 9.31. The molecule has 0 saturated carbocycles. The molecular weight excluding hydrogens is 350 g/mol. The number of ether oxygens (including phenoxy) is 2. The summed E-state index contributed by atoms with van der Waals surface area (Å²) in [5, 5.41) is 10.4. The van der Waals surface area contributed by atoms with E-state index in [0.29, 0.717) is 22.1 Å². The molecule has 0 aliphatic heterocycles. The molecule has 0 unspecified atom stereocenters. The Hall–Kier alpha value is -2.18. The lowest BCUT2D eigenvalue weighted by molar-refractivity contribution is 0.223. The summed E-state index contributed by atoms with van der Waals surface area (Å²) < 4.78 is 11.4. The molecular formula is C20H25NO4S. The van der Waals surface area contributed by atoms with Crippen LogP contribution in [-0.4, -0.2) is 23.8 Å². The normalized spacial score (nSPS) is 10.5. The van der Waals surface area contributed by atoms with Gasteiger partial charge in [-0.05, 0) is 61.4 Å². The molecule has 0 aromatic heterocycles. The molecule has 1 amide bonds. The number of hydrogen-bond acceptors (Lipinski definition) is 5. The highest BCUT2D eigenvalue weighted by molar-refractivity contribution is 8.13. The molecule has 0 aliphatic carbocycles. The summed E-state index contributed by atoms with van der Waals surface area (Å²) in [6.07, 6.45) is 2.59. The molecule has 2 rings (SSSR count). The van der Waals surface area contributed by atoms with Crippen LogP contribution in [0.1, 0.15) is 29.2 Å². The van der Waals surface area contributed by atoms with Gasteiger partial charge < -0.3 is 9.47 Å². The molecule has 0 aliphatic rings. The second-order valence-electron chi connectivity index (χ2n) is 5.93. The Balaban J connectivity index is 2.34. The van der Waals surface area contributed by atoms with E-state index in [0.717, 1.165) is 29.5 Å². The van der Waals surface area contributed by atoms with Crippen LogP contribution < -0.4 is 14.5 Å². The van der Waals surface area contributed by atoms with Crippen LogP contribution in [0.3, 0.4) is 0 Å². The molecule has 26 heavy (non-hydrogen) atoms. The highest BCUT2D eigenvalue weighted by atomic mass is 32.2. The lowest BCUT2D eigenvalue weighted by atomic mass is 10.0. The van der Waals surface area contributed by atoms with Crippen LogP contribution in [0.15, 0.2) is 30.3 Å². The molecule has 6 heteroatoms. The number of rotatable bonds is 6. The lowest BCUT2D eigenvalue weighted by Crippen LogP contribution is -2.24. The zero-order chi connectivity index (χ0) is 19.3. The third-order valence-corrected chi connectivity index (χ3v) is 4.81. The minimum Gasteiger partial charge on any atom is -0.496 e. The standard InChI is InChI=1S/C20H25NO4S/c1-6-15-10-14(3)19(11-13(15)2)25-12-16-17(21(23)20(22)26-5)8-7-9-18(16)24-4/h7-11,23H,6,12H2,1-5H3. The van der Waals surface area contributed by atoms with Crippen molar-refractivity contribution in [2.45, 2.75) is 33.8 Å². The Kier molecular flexibility index (Phi) is 6.94. The van der Waals surface area contributed by atoms with E-state index in [1.165, 1.54) is 11.1 Å². The van der Waals surface area contributed by atoms with Crippen LogP contribution >= 0.6 is 11.8 Å². The maximum absolute atomic E-state index is 11.9. The van der Waals surface area contributed by atoms with Crippen LogP contribution in [0.25, 0.3) is 0 Å². The summed E-state index contributed by atoms with van der Waals surface area (Å²) in [5.74, 6) is 1.33. The van der Waals surface area contributed by atoms with Crippen LogP contribution in [-0.2, 0) is 13.0 Å². The second kappa shape index (κ2) is 8.96. The van der Waals surface area contributed by atoms with Crippen molar-refractivity contribution in [3.05, 3.63) is 52.6 Å². The fraction of sp³-hybridized carbons (Fsp3) is 0.350. The van der Waals surface area contributed by atoms with Crippen molar-refractivity contribution in [1.82, 2.24) is 0 Å². The Morgan fingerprint density at radius 3 is 2.54 bits per heavy atom. The molecule has 0 saturated heterocycles. The zero-order valence-electron chi connectivity index (χ0n) is 15.8. The smallest absolute Gasteiger partial charge is 0.309 e. The average molecular weight is 375 g/mol. The third kappa shape index (κ3) is 4.31. The quantitative estimate of drug-likeness (QED) is 0.560. The SMILES string of the molecule is CCc1cc(C)c(OCc2c(OC)cccc2N(O)C(=O)SC)cc1C. The fourth-order valence-electron chi connectivity index (χ4n) is 2.81. The van der Waals surface area contributed by atoms with Crippen molar-refractivity contribution < 1.29 is 19.5 Å². The number of nitrogens with zero attached hydrogens (tertiary/aromatic N) is 1. The summed E-state index contributed by atoms with van der Waals surface area (Å²) in [7, 11) is 1.55. The van der Waals surface area contributed by atoms with Gasteiger partial charge in [0, 0.05) is 0 Å². The first-order valence-electron chi connectivity index (χ1n) is 8.38. The van der Waals surface area contributed by atoms with Gasteiger partial charge in [-0.15, -0.1) is 0 Å². The molecule has 0 spiro atoms. The first-order valence-corrected chi connectivity index (χ1v) is 9.61. The van der Waals surface area contributed by atoms with Crippen LogP contribution in [0.4, 0.5) is 10.5 Å². The molecule has 0 atom stereocenters. The van der Waals surface area contributed by atoms with E-state index < -0.39 is 5.24 Å². The number of methoxy groups -OCH3 is 1. The van der Waals surface area contributed by atoms with Gasteiger partial charge in [0.2, 0.25) is 0 Å². The number of hydrogen-bond donors (Lipinski definition) is 1. The first-order chi connectivity index (χ1) is 12.4. The van der Waals surface area contributed by atoms with Gasteiger partial charge in [0.1, 0.15) is 18.1 Å². The summed E-state index contributed by atoms with van der Waals surface area (Å²) >= 11 is 0.928. The predicted molar refractivity (Wildman–Crippen MR) is 106 cm³/mol. The molecule has 140 valence electrons. The van der Waals surface area contributed by atoms with Crippen molar-refractivity contribution in [3.8, 4) is 11.5 Å². The second-order valence-corrected chi connectivity index (χ2v) is 6.68. The Morgan fingerprint density at radius 2 is 1.92 bits per heavy atom. The van der Waals surface area contributed by atoms with Gasteiger partial charge in [-0.3, -0.25) is 10.0 Å². The minimum absolute atomic E-state index is 0.170. The monoisotopic (exact) mass is 375 g/mol. The van der Waals surface area contributed by atoms with Crippen LogP contribution in [0.5, 0.6) is 11.5 Å². The molecule has 0 fully saturated rings. The van der Waals surface area contributed by atoms with Gasteiger partial charge >= 0.3 is 5.24 Å². The molecule has 0 heterocycles. The van der Waals surface area contributed by atoms with Crippen molar-refractivity contribution in [3.63, 3.8) is 0 Å². The van der Waals surface area contributed by atoms with Gasteiger partial charge in [-0.1, -0.05) is 30.8 Å². The Bertz CT molecular complexity index is 792. The van der Waals surface area contributed by atoms with E-state index in [4.69, 9.17) is 9.47 Å². The van der Waals surface area contributed by atoms with E-state index >= 15 is 0 Å². The van der Waals surface area contributed by atoms with Gasteiger partial charge in [0.15, 0.2) is 0 Å². The van der Waals surface area contributed by atoms with Crippen LogP contribution in [0.2, 0.25) is 0 Å². The van der Waals surface area contributed by atoms with Crippen LogP contribution in [0, 0.1) is 13.8 Å². The van der Waals surface area contributed by atoms with E-state index in [1.807, 2.05) is 13.0 Å². The zero-order valence-corrected chi connectivity index (χ0v) is 16.6. The minimum atomic E-state index is -0.473. The number of amides is 1. The van der Waals surface area contributed by atoms with E-state index in [1.54, 1.807) is 31.6 Å². The maximum atomic E-state index is 11.9. The van der Waals surface area contributed by atoms with Crippen molar-refractivity contribution in [2.75, 3.05) is 18.4 Å². The molecule has 5 nitrogen and oxygen atoms in total. The van der Waals surface area contributed by atoms with Crippen molar-refractivity contribution >= 4 is 22.7 Å². The largest absolute Gasteiger partial charge is 0.496 e. The first kappa shape index (κ1) is 20.1. The molecule has 2 aromatic rings. The van der Waals surface area contributed by atoms with E-state index in [2.05, 4.69) is 19.9 Å². The predicted octanol–water partition coefficient (Wildman–Crippen LogP) is 5.13. The molecule has 1 N–H and O–H groups in total. The van der Waals surface area contributed by atoms with Crippen molar-refractivity contribution in [1.29, 1.82) is 0 Å². The van der Waals surface area contributed by atoms with Gasteiger partial charge in [-0.2, -0.15) is 5.06 Å². The highest BCUT2D eigenvalue weighted by Crippen LogP contribution is 2.32. The number of carbonyl (C=O) groups excluding carboxylic acids is 1. The lowest BCUT2D eigenvalue weighted by Gasteiger charge is -2.20. The number of anilines is 1. The number of carbonyl (C=O) groups is 1. The summed E-state index contributed by atoms with van der Waals surface area (Å²) in [6.45, 7) is 6.37. The van der Waals surface area contributed by atoms with Gasteiger partial charge in [0.25, 0.3) is 0 Å². The fourth-order valence-corrected chi connectivity index (χ4v) is 3.08. The Morgan fingerprint density at radius 1 is 1.19 bits per heavy atom. The highest BCUT2D eigenvalue weighted by Gasteiger charge is 2.20. The van der Waals surface area contributed by atoms with Crippen molar-refractivity contribution in [2.24, 2.45) is 0 Å². The third-order valence-electron chi connectivity index (χ3n) is 4.29. The molecule has 2 aromatic carbocycles. The maximum Gasteiger partial charge on any atom is 0.309 e. The number of thioether (sulfide) groups is 1. The van der Waals surface area contributed by atoms with Gasteiger partial charge in [-0.25, -0.2) is 0 Å². The number of hydroxylamine groups is 1. The van der Waals surface area contributed by atoms with Gasteiger partial charge in [0.05, 0.1) is 18.4 Å². The van der Waals surface area contributed by atoms with E-state index in [-0.39, 0.29) is 6.61 Å². The Labute approximate surface area is 158 Å². The topological polar surface area (TPSA) is 59.0 Å². The summed E-state index contributed by atoms with van der Waals surface area (Å²) in [5.41, 5.74) is 4.47. The van der Waals surface area contributed by atoms with E-state index in [9.17, 15) is 10.0 Å². The summed E-state index contributed by atoms with van der Waals surface area (Å²) in [4.78, 5) is 11.9. The molecule has 0 bridgehead atoms. The molecule has 0 radical (unpaired) electrons. The number of benzene rings is 2.